The summed E-state index contributed by atoms with van der Waals surface area (Å²) in [4.78, 5) is 23.7. The first-order valence-electron chi connectivity index (χ1n) is 8.13. The molecule has 114 valence electrons. The molecule has 0 aromatic heterocycles. The summed E-state index contributed by atoms with van der Waals surface area (Å²) in [6.07, 6.45) is 10.1. The van der Waals surface area contributed by atoms with Crippen molar-refractivity contribution < 1.29 is 14.7 Å². The normalized spacial score (nSPS) is 23.6. The predicted molar refractivity (Wildman–Crippen MR) is 77.3 cm³/mol. The van der Waals surface area contributed by atoms with Crippen molar-refractivity contribution in [1.82, 2.24) is 5.32 Å². The highest BCUT2D eigenvalue weighted by molar-refractivity contribution is 5.88. The van der Waals surface area contributed by atoms with Crippen LogP contribution in [0.3, 0.4) is 0 Å². The highest BCUT2D eigenvalue weighted by atomic mass is 16.4. The predicted octanol–water partition coefficient (Wildman–Crippen LogP) is 3.11. The van der Waals surface area contributed by atoms with Crippen LogP contribution in [0.15, 0.2) is 0 Å². The van der Waals surface area contributed by atoms with Crippen LogP contribution >= 0.6 is 0 Å². The summed E-state index contributed by atoms with van der Waals surface area (Å²) in [5.41, 5.74) is -0.961. The summed E-state index contributed by atoms with van der Waals surface area (Å²) < 4.78 is 0. The minimum absolute atomic E-state index is 0.0186. The van der Waals surface area contributed by atoms with Crippen molar-refractivity contribution in [3.63, 3.8) is 0 Å². The molecule has 0 aromatic carbocycles. The molecule has 2 rings (SSSR count). The Balaban J connectivity index is 1.89. The number of nitrogens with one attached hydrogen (secondary N) is 1. The monoisotopic (exact) mass is 281 g/mol. The van der Waals surface area contributed by atoms with Crippen LogP contribution < -0.4 is 5.32 Å². The highest BCUT2D eigenvalue weighted by Crippen LogP contribution is 2.34. The van der Waals surface area contributed by atoms with E-state index in [1.54, 1.807) is 0 Å². The zero-order chi connectivity index (χ0) is 14.6. The molecule has 1 atom stereocenters. The number of amides is 1. The fourth-order valence-corrected chi connectivity index (χ4v) is 3.54. The number of hydrogen-bond donors (Lipinski definition) is 2. The summed E-state index contributed by atoms with van der Waals surface area (Å²) >= 11 is 0. The summed E-state index contributed by atoms with van der Waals surface area (Å²) in [5, 5.41) is 12.1. The first kappa shape index (κ1) is 15.3. The number of hydrogen-bond acceptors (Lipinski definition) is 2. The van der Waals surface area contributed by atoms with Crippen LogP contribution in [0.4, 0.5) is 0 Å². The number of rotatable bonds is 6. The number of aliphatic carboxylic acids is 1. The van der Waals surface area contributed by atoms with Gasteiger partial charge < -0.3 is 10.4 Å². The van der Waals surface area contributed by atoms with Crippen molar-refractivity contribution in [1.29, 1.82) is 0 Å². The molecule has 0 aliphatic heterocycles. The smallest absolute Gasteiger partial charge is 0.329 e. The number of carboxylic acids is 1. The van der Waals surface area contributed by atoms with E-state index in [0.29, 0.717) is 18.8 Å². The van der Waals surface area contributed by atoms with Gasteiger partial charge in [-0.3, -0.25) is 4.79 Å². The largest absolute Gasteiger partial charge is 0.480 e. The van der Waals surface area contributed by atoms with Crippen LogP contribution in [-0.2, 0) is 9.59 Å². The fraction of sp³-hybridized carbons (Fsp3) is 0.875. The molecule has 2 N–H and O–H groups in total. The minimum atomic E-state index is -0.961. The first-order valence-corrected chi connectivity index (χ1v) is 8.13. The molecule has 20 heavy (non-hydrogen) atoms. The van der Waals surface area contributed by atoms with E-state index in [0.717, 1.165) is 19.3 Å². The SMILES string of the molecule is CCC(CC1CCCCC1)C(=O)NC1(C(=O)O)CCC1. The summed E-state index contributed by atoms with van der Waals surface area (Å²) in [5.74, 6) is -0.277. The second kappa shape index (κ2) is 6.59. The van der Waals surface area contributed by atoms with Gasteiger partial charge >= 0.3 is 5.97 Å². The van der Waals surface area contributed by atoms with Crippen molar-refractivity contribution >= 4 is 11.9 Å². The maximum absolute atomic E-state index is 12.4. The topological polar surface area (TPSA) is 66.4 Å². The Morgan fingerprint density at radius 2 is 1.85 bits per heavy atom. The molecule has 0 radical (unpaired) electrons. The van der Waals surface area contributed by atoms with Crippen LogP contribution in [0.2, 0.25) is 0 Å². The molecule has 2 aliphatic rings. The molecule has 0 saturated heterocycles. The molecule has 2 fully saturated rings. The standard InChI is InChI=1S/C16H27NO3/c1-2-13(11-12-7-4-3-5-8-12)14(18)17-16(15(19)20)9-6-10-16/h12-13H,2-11H2,1H3,(H,17,18)(H,19,20). The van der Waals surface area contributed by atoms with Gasteiger partial charge in [0.2, 0.25) is 5.91 Å². The Morgan fingerprint density at radius 1 is 1.20 bits per heavy atom. The molecule has 0 bridgehead atoms. The van der Waals surface area contributed by atoms with Crippen molar-refractivity contribution in [3.05, 3.63) is 0 Å². The van der Waals surface area contributed by atoms with Crippen molar-refractivity contribution in [3.8, 4) is 0 Å². The number of carboxylic acid groups (broad SMARTS) is 1. The highest BCUT2D eigenvalue weighted by Gasteiger charge is 2.46. The molecule has 1 amide bonds. The first-order chi connectivity index (χ1) is 9.57. The molecule has 2 saturated carbocycles. The number of carbonyl (C=O) groups is 2. The summed E-state index contributed by atoms with van der Waals surface area (Å²) in [7, 11) is 0. The van der Waals surface area contributed by atoms with Gasteiger partial charge in [0.1, 0.15) is 5.54 Å². The lowest BCUT2D eigenvalue weighted by Crippen LogP contribution is -2.60. The second-order valence-corrected chi connectivity index (χ2v) is 6.57. The third-order valence-corrected chi connectivity index (χ3v) is 5.19. The van der Waals surface area contributed by atoms with Crippen LogP contribution in [0.25, 0.3) is 0 Å². The van der Waals surface area contributed by atoms with Crippen LogP contribution in [0.1, 0.15) is 71.1 Å². The lowest BCUT2D eigenvalue weighted by Gasteiger charge is -2.39. The van der Waals surface area contributed by atoms with E-state index in [1.807, 2.05) is 6.92 Å². The number of carbonyl (C=O) groups excluding carboxylic acids is 1. The van der Waals surface area contributed by atoms with E-state index in [9.17, 15) is 14.7 Å². The maximum Gasteiger partial charge on any atom is 0.329 e. The second-order valence-electron chi connectivity index (χ2n) is 6.57. The van der Waals surface area contributed by atoms with E-state index in [-0.39, 0.29) is 11.8 Å². The van der Waals surface area contributed by atoms with Gasteiger partial charge in [0.15, 0.2) is 0 Å². The average molecular weight is 281 g/mol. The van der Waals surface area contributed by atoms with Crippen LogP contribution in [-0.4, -0.2) is 22.5 Å². The Kier molecular flexibility index (Phi) is 5.06. The molecule has 1 unspecified atom stereocenters. The van der Waals surface area contributed by atoms with E-state index < -0.39 is 11.5 Å². The van der Waals surface area contributed by atoms with Crippen molar-refractivity contribution in [2.24, 2.45) is 11.8 Å². The van der Waals surface area contributed by atoms with Crippen molar-refractivity contribution in [2.75, 3.05) is 0 Å². The van der Waals surface area contributed by atoms with Crippen LogP contribution in [0, 0.1) is 11.8 Å². The van der Waals surface area contributed by atoms with Gasteiger partial charge in [-0.1, -0.05) is 39.0 Å². The van der Waals surface area contributed by atoms with Gasteiger partial charge in [0, 0.05) is 5.92 Å². The Hall–Kier alpha value is -1.06. The molecule has 0 spiro atoms. The molecule has 0 aromatic rings. The fourth-order valence-electron chi connectivity index (χ4n) is 3.54. The van der Waals surface area contributed by atoms with Crippen molar-refractivity contribution in [2.45, 2.75) is 76.7 Å². The van der Waals surface area contributed by atoms with E-state index in [4.69, 9.17) is 0 Å². The van der Waals surface area contributed by atoms with E-state index >= 15 is 0 Å². The van der Waals surface area contributed by atoms with Crippen LogP contribution in [0.5, 0.6) is 0 Å². The molecular weight excluding hydrogens is 254 g/mol. The lowest BCUT2D eigenvalue weighted by atomic mass is 9.75. The lowest BCUT2D eigenvalue weighted by molar-refractivity contribution is -0.152. The zero-order valence-electron chi connectivity index (χ0n) is 12.5. The van der Waals surface area contributed by atoms with E-state index in [1.165, 1.54) is 32.1 Å². The molecule has 2 aliphatic carbocycles. The van der Waals surface area contributed by atoms with Gasteiger partial charge in [-0.05, 0) is 38.0 Å². The third kappa shape index (κ3) is 3.33. The quantitative estimate of drug-likeness (QED) is 0.786. The Labute approximate surface area is 121 Å². The van der Waals surface area contributed by atoms with Gasteiger partial charge in [0.05, 0.1) is 0 Å². The van der Waals surface area contributed by atoms with Gasteiger partial charge in [-0.15, -0.1) is 0 Å². The van der Waals surface area contributed by atoms with Gasteiger partial charge in [-0.25, -0.2) is 4.79 Å². The summed E-state index contributed by atoms with van der Waals surface area (Å²) in [6.45, 7) is 2.03. The zero-order valence-corrected chi connectivity index (χ0v) is 12.5. The Bertz CT molecular complexity index is 357. The van der Waals surface area contributed by atoms with Gasteiger partial charge in [-0.2, -0.15) is 0 Å². The maximum atomic E-state index is 12.4. The molecule has 0 heterocycles. The molecular formula is C16H27NO3. The molecule has 4 heteroatoms. The van der Waals surface area contributed by atoms with Gasteiger partial charge in [0.25, 0.3) is 0 Å². The Morgan fingerprint density at radius 3 is 2.30 bits per heavy atom. The van der Waals surface area contributed by atoms with E-state index in [2.05, 4.69) is 5.32 Å². The average Bonchev–Trinajstić information content (AvgIpc) is 2.40. The third-order valence-electron chi connectivity index (χ3n) is 5.19. The molecule has 4 nitrogen and oxygen atoms in total. The summed E-state index contributed by atoms with van der Waals surface area (Å²) in [6, 6.07) is 0. The minimum Gasteiger partial charge on any atom is -0.480 e.